The van der Waals surface area contributed by atoms with Crippen LogP contribution in [0, 0.1) is 0 Å². The van der Waals surface area contributed by atoms with Crippen LogP contribution in [0.5, 0.6) is 0 Å². The third-order valence-electron chi connectivity index (χ3n) is 11.0. The molecule has 0 N–H and O–H groups in total. The van der Waals surface area contributed by atoms with Gasteiger partial charge in [-0.15, -0.1) is 0 Å². The molecule has 246 valence electrons. The van der Waals surface area contributed by atoms with Crippen LogP contribution in [0.3, 0.4) is 0 Å². The summed E-state index contributed by atoms with van der Waals surface area (Å²) in [4.78, 5) is 0. The predicted molar refractivity (Wildman–Crippen MR) is 225 cm³/mol. The third kappa shape index (κ3) is 5.01. The number of hydrogen-bond acceptors (Lipinski definition) is 1. The van der Waals surface area contributed by atoms with Crippen molar-refractivity contribution in [3.8, 4) is 44.5 Å². The molecule has 0 aliphatic rings. The Balaban J connectivity index is 0.950. The van der Waals surface area contributed by atoms with Gasteiger partial charge in [0, 0.05) is 10.8 Å². The van der Waals surface area contributed by atoms with Gasteiger partial charge in [-0.25, -0.2) is 0 Å². The van der Waals surface area contributed by atoms with Crippen molar-refractivity contribution in [3.05, 3.63) is 194 Å². The number of furan rings is 1. The second-order valence-electron chi connectivity index (χ2n) is 14.1. The van der Waals surface area contributed by atoms with Crippen LogP contribution in [0.1, 0.15) is 0 Å². The predicted octanol–water partition coefficient (Wildman–Crippen LogP) is 14.9. The fourth-order valence-corrected chi connectivity index (χ4v) is 8.27. The smallest absolute Gasteiger partial charge is 0.136 e. The molecule has 11 rings (SSSR count). The Labute approximate surface area is 307 Å². The molecular weight excluding hydrogens is 641 g/mol. The van der Waals surface area contributed by atoms with Crippen molar-refractivity contribution in [2.24, 2.45) is 0 Å². The first-order valence-corrected chi connectivity index (χ1v) is 18.2. The molecule has 11 aromatic rings. The molecule has 0 aliphatic heterocycles. The number of rotatable bonds is 4. The molecule has 1 heterocycles. The van der Waals surface area contributed by atoms with Crippen molar-refractivity contribution in [2.45, 2.75) is 0 Å². The first kappa shape index (κ1) is 29.7. The van der Waals surface area contributed by atoms with Gasteiger partial charge in [-0.1, -0.05) is 140 Å². The molecule has 0 atom stereocenters. The van der Waals surface area contributed by atoms with Crippen LogP contribution in [0.15, 0.2) is 199 Å². The van der Waals surface area contributed by atoms with Crippen LogP contribution in [-0.4, -0.2) is 0 Å². The minimum absolute atomic E-state index is 0.903. The highest BCUT2D eigenvalue weighted by Crippen LogP contribution is 2.39. The zero-order chi connectivity index (χ0) is 34.9. The normalized spacial score (nSPS) is 11.8. The van der Waals surface area contributed by atoms with Crippen LogP contribution < -0.4 is 0 Å². The maximum absolute atomic E-state index is 6.53. The van der Waals surface area contributed by atoms with Crippen LogP contribution in [-0.2, 0) is 0 Å². The van der Waals surface area contributed by atoms with E-state index in [4.69, 9.17) is 4.42 Å². The highest BCUT2D eigenvalue weighted by Gasteiger charge is 2.13. The molecule has 0 fully saturated rings. The highest BCUT2D eigenvalue weighted by molar-refractivity contribution is 6.14. The Bertz CT molecular complexity index is 3230. The summed E-state index contributed by atoms with van der Waals surface area (Å²) in [6.45, 7) is 0. The average molecular weight is 673 g/mol. The van der Waals surface area contributed by atoms with E-state index in [9.17, 15) is 0 Å². The Kier molecular flexibility index (Phi) is 6.62. The van der Waals surface area contributed by atoms with Crippen LogP contribution >= 0.6 is 0 Å². The van der Waals surface area contributed by atoms with Crippen molar-refractivity contribution >= 4 is 65.0 Å². The first-order valence-electron chi connectivity index (χ1n) is 18.2. The minimum atomic E-state index is 0.903. The summed E-state index contributed by atoms with van der Waals surface area (Å²) >= 11 is 0. The quantitative estimate of drug-likeness (QED) is 0.170. The molecule has 0 aliphatic carbocycles. The Morgan fingerprint density at radius 3 is 1.38 bits per heavy atom. The lowest BCUT2D eigenvalue weighted by atomic mass is 9.91. The lowest BCUT2D eigenvalue weighted by molar-refractivity contribution is 0.669. The largest absolute Gasteiger partial charge is 0.456 e. The second-order valence-corrected chi connectivity index (χ2v) is 14.1. The number of hydrogen-bond donors (Lipinski definition) is 0. The Morgan fingerprint density at radius 2 is 0.698 bits per heavy atom. The van der Waals surface area contributed by atoms with Gasteiger partial charge in [0.2, 0.25) is 0 Å². The topological polar surface area (TPSA) is 13.1 Å². The van der Waals surface area contributed by atoms with Crippen molar-refractivity contribution in [1.82, 2.24) is 0 Å². The van der Waals surface area contributed by atoms with Gasteiger partial charge >= 0.3 is 0 Å². The van der Waals surface area contributed by atoms with Crippen molar-refractivity contribution < 1.29 is 4.42 Å². The minimum Gasteiger partial charge on any atom is -0.456 e. The van der Waals surface area contributed by atoms with Gasteiger partial charge in [0.25, 0.3) is 0 Å². The fraction of sp³-hybridized carbons (Fsp3) is 0. The van der Waals surface area contributed by atoms with E-state index in [0.717, 1.165) is 33.1 Å². The maximum Gasteiger partial charge on any atom is 0.136 e. The standard InChI is InChI=1S/C52H32O/c1-2-9-35-26-37(19-16-33(35)8-1)40-22-24-48-49-25-23-41(32-52(49)53-51(48)31-40)39-21-18-34-17-20-38(28-44(34)29-39)36-11-7-12-42(27-36)50-30-43-10-3-4-13-45(43)46-14-5-6-15-47(46)50/h1-32H. The van der Waals surface area contributed by atoms with Crippen LogP contribution in [0.25, 0.3) is 110 Å². The van der Waals surface area contributed by atoms with Crippen molar-refractivity contribution in [1.29, 1.82) is 0 Å². The molecule has 1 aromatic heterocycles. The van der Waals surface area contributed by atoms with Gasteiger partial charge < -0.3 is 4.42 Å². The van der Waals surface area contributed by atoms with E-state index in [1.54, 1.807) is 0 Å². The summed E-state index contributed by atoms with van der Waals surface area (Å²) in [7, 11) is 0. The van der Waals surface area contributed by atoms with Crippen molar-refractivity contribution in [3.63, 3.8) is 0 Å². The van der Waals surface area contributed by atoms with E-state index in [0.29, 0.717) is 0 Å². The molecule has 53 heavy (non-hydrogen) atoms. The van der Waals surface area contributed by atoms with Gasteiger partial charge in [0.1, 0.15) is 11.2 Å². The van der Waals surface area contributed by atoms with E-state index in [2.05, 4.69) is 194 Å². The van der Waals surface area contributed by atoms with Gasteiger partial charge in [-0.3, -0.25) is 0 Å². The Hall–Kier alpha value is -6.96. The van der Waals surface area contributed by atoms with E-state index in [1.807, 2.05) is 0 Å². The summed E-state index contributed by atoms with van der Waals surface area (Å²) < 4.78 is 6.53. The molecule has 10 aromatic carbocycles. The average Bonchev–Trinajstić information content (AvgIpc) is 3.60. The molecule has 0 unspecified atom stereocenters. The zero-order valence-corrected chi connectivity index (χ0v) is 28.9. The summed E-state index contributed by atoms with van der Waals surface area (Å²) in [6, 6.07) is 70.6. The SMILES string of the molecule is c1cc(-c2ccc3ccc(-c4ccc5c(c4)oc4cc(-c6ccc7ccccc7c6)ccc45)cc3c2)cc(-c2cc3ccccc3c3ccccc23)c1. The van der Waals surface area contributed by atoms with E-state index in [1.165, 1.54) is 76.5 Å². The van der Waals surface area contributed by atoms with Gasteiger partial charge in [0.05, 0.1) is 0 Å². The zero-order valence-electron chi connectivity index (χ0n) is 28.9. The first-order chi connectivity index (χ1) is 26.2. The lowest BCUT2D eigenvalue weighted by Crippen LogP contribution is -1.86. The summed E-state index contributed by atoms with van der Waals surface area (Å²) in [6.07, 6.45) is 0. The van der Waals surface area contributed by atoms with Crippen LogP contribution in [0.2, 0.25) is 0 Å². The lowest BCUT2D eigenvalue weighted by Gasteiger charge is -2.13. The molecule has 0 spiro atoms. The molecule has 1 heteroatoms. The van der Waals surface area contributed by atoms with Gasteiger partial charge in [0.15, 0.2) is 0 Å². The summed E-state index contributed by atoms with van der Waals surface area (Å²) in [5, 5.41) is 12.3. The molecule has 0 amide bonds. The molecule has 0 saturated heterocycles. The summed E-state index contributed by atoms with van der Waals surface area (Å²) in [5.41, 5.74) is 11.4. The third-order valence-corrected chi connectivity index (χ3v) is 11.0. The van der Waals surface area contributed by atoms with Crippen molar-refractivity contribution in [2.75, 3.05) is 0 Å². The maximum atomic E-state index is 6.53. The monoisotopic (exact) mass is 672 g/mol. The van der Waals surface area contributed by atoms with E-state index >= 15 is 0 Å². The fourth-order valence-electron chi connectivity index (χ4n) is 8.27. The second kappa shape index (κ2) is 11.8. The van der Waals surface area contributed by atoms with E-state index < -0.39 is 0 Å². The number of benzene rings is 10. The highest BCUT2D eigenvalue weighted by atomic mass is 16.3. The molecule has 1 nitrogen and oxygen atoms in total. The molecule has 0 saturated carbocycles. The summed E-state index contributed by atoms with van der Waals surface area (Å²) in [5.74, 6) is 0. The Morgan fingerprint density at radius 1 is 0.226 bits per heavy atom. The molecule has 0 bridgehead atoms. The molecule has 0 radical (unpaired) electrons. The van der Waals surface area contributed by atoms with Gasteiger partial charge in [-0.05, 0) is 142 Å². The number of fused-ring (bicyclic) bond motifs is 8. The molecular formula is C52H32O. The van der Waals surface area contributed by atoms with Gasteiger partial charge in [-0.2, -0.15) is 0 Å². The van der Waals surface area contributed by atoms with Crippen LogP contribution in [0.4, 0.5) is 0 Å². The van der Waals surface area contributed by atoms with E-state index in [-0.39, 0.29) is 0 Å².